The van der Waals surface area contributed by atoms with Gasteiger partial charge in [0.2, 0.25) is 17.7 Å². The zero-order valence-corrected chi connectivity index (χ0v) is 44.9. The lowest BCUT2D eigenvalue weighted by molar-refractivity contribution is -0.144. The van der Waals surface area contributed by atoms with Gasteiger partial charge in [0.25, 0.3) is 5.91 Å². The number of hydrogen-bond acceptors (Lipinski definition) is 13. The minimum absolute atomic E-state index is 0.0133. The number of rotatable bonds is 17. The van der Waals surface area contributed by atoms with Crippen LogP contribution in [-0.2, 0) is 42.8 Å². The maximum atomic E-state index is 15.5. The number of nitrogens with one attached hydrogen (secondary N) is 2. The molecule has 2 aliphatic rings. The Bertz CT molecular complexity index is 3260. The largest absolute Gasteiger partial charge is 0.492 e. The molecule has 2 fully saturated rings. The Hall–Kier alpha value is -7.58. The van der Waals surface area contributed by atoms with Crippen molar-refractivity contribution in [1.29, 1.82) is 10.5 Å². The third-order valence-electron chi connectivity index (χ3n) is 13.1. The molecule has 416 valence electrons. The molecule has 0 unspecified atom stereocenters. The molecule has 3 atom stereocenters. The average molecular weight is 1140 g/mol. The minimum Gasteiger partial charge on any atom is -0.492 e. The number of aliphatic hydroxyl groups is 1. The molecule has 0 aliphatic carbocycles. The van der Waals surface area contributed by atoms with Crippen molar-refractivity contribution in [3.8, 4) is 39.6 Å². The summed E-state index contributed by atoms with van der Waals surface area (Å²) < 4.78 is 113. The van der Waals surface area contributed by atoms with Gasteiger partial charge >= 0.3 is 12.4 Å². The Morgan fingerprint density at radius 3 is 2.23 bits per heavy atom. The van der Waals surface area contributed by atoms with Crippen LogP contribution in [0.1, 0.15) is 87.4 Å². The third kappa shape index (κ3) is 12.8. The van der Waals surface area contributed by atoms with Crippen molar-refractivity contribution in [3.63, 3.8) is 0 Å². The van der Waals surface area contributed by atoms with Gasteiger partial charge in [-0.25, -0.2) is 9.37 Å². The van der Waals surface area contributed by atoms with Crippen LogP contribution >= 0.6 is 23.6 Å². The summed E-state index contributed by atoms with van der Waals surface area (Å²) in [6.45, 7) is 9.34. The molecule has 5 aromatic rings. The van der Waals surface area contributed by atoms with Gasteiger partial charge in [-0.3, -0.25) is 29.1 Å². The van der Waals surface area contributed by atoms with Crippen LogP contribution in [0.5, 0.6) is 5.75 Å². The third-order valence-corrected chi connectivity index (χ3v) is 14.5. The standard InChI is InChI=1S/C54H52F7N9O7S2/c1-29-45(79-28-66-29)31-11-9-30(10-12-31)24-65-47(73)39-21-36(71)26-68(39)48(74)46(51(2,3)4)67-41(72)27-76-17-7-8-18-77-40-16-14-32(19-34(40)23-63)44-37(53(56,57)58)20-35(25-64-44)70-50(78)69(49(75)52(70,5)6)38-15-13-33(22-62)42(43(38)55)54(59,60)61/h9-16,19-20,25,28,36,39,46,71H,7-8,17-18,21,24,26-27H2,1-6H3,(H,65,73)(H,67,72)/t36-,39+,46-/m1/s1. The fourth-order valence-corrected chi connectivity index (χ4v) is 10.4. The second-order valence-corrected chi connectivity index (χ2v) is 21.4. The monoisotopic (exact) mass is 1140 g/mol. The quantitative estimate of drug-likeness (QED) is 0.0451. The number of pyridine rings is 1. The van der Waals surface area contributed by atoms with Crippen LogP contribution in [0.4, 0.5) is 42.1 Å². The maximum absolute atomic E-state index is 15.5. The van der Waals surface area contributed by atoms with E-state index in [0.29, 0.717) is 29.9 Å². The first-order valence-electron chi connectivity index (χ1n) is 24.4. The van der Waals surface area contributed by atoms with Gasteiger partial charge in [0.15, 0.2) is 10.9 Å². The minimum atomic E-state index is -5.36. The van der Waals surface area contributed by atoms with E-state index in [0.717, 1.165) is 44.9 Å². The maximum Gasteiger partial charge on any atom is 0.420 e. The Kier molecular flexibility index (Phi) is 17.5. The van der Waals surface area contributed by atoms with Gasteiger partial charge in [0.05, 0.1) is 74.8 Å². The van der Waals surface area contributed by atoms with Crippen LogP contribution in [0.3, 0.4) is 0 Å². The Balaban J connectivity index is 0.924. The van der Waals surface area contributed by atoms with Crippen LogP contribution < -0.4 is 25.2 Å². The highest BCUT2D eigenvalue weighted by molar-refractivity contribution is 7.81. The molecule has 4 heterocycles. The number of thiocarbonyl (C=S) groups is 1. The van der Waals surface area contributed by atoms with Crippen molar-refractivity contribution in [3.05, 3.63) is 112 Å². The predicted molar refractivity (Wildman–Crippen MR) is 279 cm³/mol. The topological polar surface area (TPSA) is 214 Å². The summed E-state index contributed by atoms with van der Waals surface area (Å²) >= 11 is 6.92. The number of unbranched alkanes of at least 4 members (excludes halogenated alkanes) is 1. The molecule has 3 aromatic carbocycles. The average Bonchev–Trinajstić information content (AvgIpc) is 4.27. The molecule has 2 saturated heterocycles. The van der Waals surface area contributed by atoms with Gasteiger partial charge < -0.3 is 35.0 Å². The van der Waals surface area contributed by atoms with E-state index in [1.807, 2.05) is 37.3 Å². The summed E-state index contributed by atoms with van der Waals surface area (Å²) in [7, 11) is 0. The first kappa shape index (κ1) is 59.1. The normalized spacial score (nSPS) is 16.9. The number of alkyl halides is 6. The van der Waals surface area contributed by atoms with Crippen LogP contribution in [0.15, 0.2) is 72.4 Å². The number of ether oxygens (including phenoxy) is 2. The van der Waals surface area contributed by atoms with E-state index in [9.17, 15) is 61.2 Å². The van der Waals surface area contributed by atoms with E-state index in [-0.39, 0.29) is 49.6 Å². The first-order valence-corrected chi connectivity index (χ1v) is 25.7. The molecule has 0 spiro atoms. The molecular formula is C54H52F7N9O7S2. The van der Waals surface area contributed by atoms with Gasteiger partial charge in [0.1, 0.15) is 41.6 Å². The number of likely N-dealkylation sites (tertiary alicyclic amines) is 1. The summed E-state index contributed by atoms with van der Waals surface area (Å²) in [5.41, 5.74) is -4.92. The molecule has 2 aromatic heterocycles. The highest BCUT2D eigenvalue weighted by Crippen LogP contribution is 2.45. The Morgan fingerprint density at radius 1 is 0.937 bits per heavy atom. The number of carbonyl (C=O) groups excluding carboxylic acids is 4. The van der Waals surface area contributed by atoms with E-state index >= 15 is 4.39 Å². The Morgan fingerprint density at radius 2 is 1.61 bits per heavy atom. The lowest BCUT2D eigenvalue weighted by Gasteiger charge is -2.35. The molecule has 79 heavy (non-hydrogen) atoms. The predicted octanol–water partition coefficient (Wildman–Crippen LogP) is 9.00. The zero-order valence-electron chi connectivity index (χ0n) is 43.3. The number of aromatic nitrogens is 2. The molecular weight excluding hydrogens is 1080 g/mol. The molecule has 16 nitrogen and oxygen atoms in total. The van der Waals surface area contributed by atoms with E-state index in [4.69, 9.17) is 21.7 Å². The van der Waals surface area contributed by atoms with Crippen LogP contribution in [0, 0.1) is 40.8 Å². The zero-order chi connectivity index (χ0) is 57.9. The number of aliphatic hydroxyl groups excluding tert-OH is 1. The second kappa shape index (κ2) is 23.4. The summed E-state index contributed by atoms with van der Waals surface area (Å²) in [6, 6.07) is 14.4. The fourth-order valence-electron chi connectivity index (χ4n) is 9.10. The molecule has 0 saturated carbocycles. The number of β-amino-alcohol motifs (C(OH)–C–C–N with tert-alkyl or cyclic N) is 1. The van der Waals surface area contributed by atoms with Gasteiger partial charge in [-0.15, -0.1) is 11.3 Å². The number of nitriles is 2. The van der Waals surface area contributed by atoms with Crippen molar-refractivity contribution in [1.82, 2.24) is 25.5 Å². The highest BCUT2D eigenvalue weighted by atomic mass is 32.1. The van der Waals surface area contributed by atoms with E-state index in [2.05, 4.69) is 20.6 Å². The highest BCUT2D eigenvalue weighted by Gasteiger charge is 2.53. The van der Waals surface area contributed by atoms with Crippen molar-refractivity contribution < 1.29 is 64.5 Å². The number of aryl methyl sites for hydroxylation is 1. The van der Waals surface area contributed by atoms with Crippen molar-refractivity contribution in [2.24, 2.45) is 5.41 Å². The van der Waals surface area contributed by atoms with E-state index < -0.39 is 116 Å². The number of thiazole rings is 1. The van der Waals surface area contributed by atoms with Crippen LogP contribution in [-0.4, -0.2) is 98.8 Å². The summed E-state index contributed by atoms with van der Waals surface area (Å²) in [5.74, 6) is -4.65. The smallest absolute Gasteiger partial charge is 0.420 e. The van der Waals surface area contributed by atoms with Crippen molar-refractivity contribution in [2.75, 3.05) is 36.2 Å². The molecule has 0 bridgehead atoms. The van der Waals surface area contributed by atoms with Crippen LogP contribution in [0.25, 0.3) is 21.7 Å². The van der Waals surface area contributed by atoms with Gasteiger partial charge in [0, 0.05) is 31.7 Å². The lowest BCUT2D eigenvalue weighted by atomic mass is 9.85. The van der Waals surface area contributed by atoms with Crippen molar-refractivity contribution >= 4 is 63.7 Å². The molecule has 0 radical (unpaired) electrons. The van der Waals surface area contributed by atoms with E-state index in [1.54, 1.807) is 26.3 Å². The lowest BCUT2D eigenvalue weighted by Crippen LogP contribution is -2.58. The number of nitrogens with zero attached hydrogens (tertiary/aromatic N) is 7. The number of benzene rings is 3. The summed E-state index contributed by atoms with van der Waals surface area (Å²) in [6.07, 6.45) is -9.78. The van der Waals surface area contributed by atoms with Gasteiger partial charge in [-0.1, -0.05) is 45.0 Å². The number of amides is 4. The molecule has 3 N–H and O–H groups in total. The molecule has 4 amide bonds. The number of carbonyl (C=O) groups is 4. The molecule has 2 aliphatic heterocycles. The molecule has 25 heteroatoms. The van der Waals surface area contributed by atoms with Gasteiger partial charge in [-0.2, -0.15) is 36.9 Å². The van der Waals surface area contributed by atoms with Gasteiger partial charge in [-0.05, 0) is 98.8 Å². The first-order chi connectivity index (χ1) is 37.1. The second-order valence-electron chi connectivity index (χ2n) is 20.2. The summed E-state index contributed by atoms with van der Waals surface area (Å²) in [5, 5.41) is 34.7. The van der Waals surface area contributed by atoms with E-state index in [1.165, 1.54) is 48.3 Å². The van der Waals surface area contributed by atoms with Crippen molar-refractivity contribution in [2.45, 2.75) is 103 Å². The number of anilines is 2. The SMILES string of the molecule is Cc1ncsc1-c1ccc(CNC(=O)[C@@H]2C[C@@H](O)CN2C(=O)[C@@H](NC(=O)COCCCCOc2ccc(-c3ncc(N4C(=S)N(c5ccc(C#N)c(C(F)(F)F)c5F)C(=O)C4(C)C)cc3C(F)(F)F)cc2C#N)C(C)(C)C)cc1. The Labute approximate surface area is 458 Å². The molecule has 7 rings (SSSR count). The number of hydrogen-bond donors (Lipinski definition) is 3. The van der Waals surface area contributed by atoms with Crippen LogP contribution in [0.2, 0.25) is 0 Å². The fraction of sp³-hybridized carbons (Fsp3) is 0.389. The number of halogens is 7. The summed E-state index contributed by atoms with van der Waals surface area (Å²) in [4.78, 5) is 66.3.